The van der Waals surface area contributed by atoms with E-state index in [1.807, 2.05) is 6.92 Å². The highest BCUT2D eigenvalue weighted by atomic mass is 19.1. The van der Waals surface area contributed by atoms with E-state index < -0.39 is 5.82 Å². The van der Waals surface area contributed by atoms with Crippen LogP contribution in [0.1, 0.15) is 19.8 Å². The van der Waals surface area contributed by atoms with E-state index in [1.54, 1.807) is 0 Å². The van der Waals surface area contributed by atoms with Crippen LogP contribution < -0.4 is 11.1 Å². The Balaban J connectivity index is 2.34. The van der Waals surface area contributed by atoms with Crippen molar-refractivity contribution in [3.05, 3.63) is 12.0 Å². The molecule has 1 atom stereocenters. The Morgan fingerprint density at radius 1 is 1.62 bits per heavy atom. The molecular weight excluding hydrogens is 211 g/mol. The molecule has 1 unspecified atom stereocenters. The van der Waals surface area contributed by atoms with Gasteiger partial charge in [-0.3, -0.25) is 0 Å². The van der Waals surface area contributed by atoms with Gasteiger partial charge in [-0.15, -0.1) is 0 Å². The molecule has 6 heteroatoms. The molecular formula is C10H17FN4O. The van der Waals surface area contributed by atoms with Crippen molar-refractivity contribution in [1.82, 2.24) is 9.97 Å². The molecule has 0 bridgehead atoms. The van der Waals surface area contributed by atoms with E-state index in [9.17, 15) is 4.39 Å². The molecule has 0 aromatic carbocycles. The van der Waals surface area contributed by atoms with E-state index in [1.165, 1.54) is 0 Å². The van der Waals surface area contributed by atoms with E-state index in [0.29, 0.717) is 6.54 Å². The van der Waals surface area contributed by atoms with Crippen LogP contribution in [0.5, 0.6) is 0 Å². The van der Waals surface area contributed by atoms with Crippen molar-refractivity contribution in [2.24, 2.45) is 5.92 Å². The quantitative estimate of drug-likeness (QED) is 0.633. The van der Waals surface area contributed by atoms with Crippen molar-refractivity contribution in [3.63, 3.8) is 0 Å². The van der Waals surface area contributed by atoms with Crippen molar-refractivity contribution < 1.29 is 9.50 Å². The van der Waals surface area contributed by atoms with Crippen LogP contribution in [-0.2, 0) is 0 Å². The molecule has 0 amide bonds. The number of anilines is 2. The minimum atomic E-state index is -0.510. The maximum Gasteiger partial charge on any atom is 0.222 e. The van der Waals surface area contributed by atoms with Crippen LogP contribution in [0.4, 0.5) is 16.2 Å². The van der Waals surface area contributed by atoms with Gasteiger partial charge in [0.2, 0.25) is 5.95 Å². The highest BCUT2D eigenvalue weighted by molar-refractivity contribution is 5.38. The number of hydrogen-bond acceptors (Lipinski definition) is 5. The fourth-order valence-electron chi connectivity index (χ4n) is 1.25. The highest BCUT2D eigenvalue weighted by Gasteiger charge is 2.05. The molecule has 0 fully saturated rings. The molecule has 1 heterocycles. The van der Waals surface area contributed by atoms with Crippen LogP contribution >= 0.6 is 0 Å². The second kappa shape index (κ2) is 6.22. The number of hydrogen-bond donors (Lipinski definition) is 3. The maximum atomic E-state index is 13.1. The number of nitrogens with zero attached hydrogens (tertiary/aromatic N) is 2. The number of aromatic nitrogens is 2. The molecule has 0 aliphatic carbocycles. The lowest BCUT2D eigenvalue weighted by Gasteiger charge is -2.09. The summed E-state index contributed by atoms with van der Waals surface area (Å²) in [6.07, 6.45) is 2.76. The molecule has 0 aliphatic heterocycles. The molecule has 0 aliphatic rings. The SMILES string of the molecule is CC(CO)CCCNc1nc(N)ncc1F. The summed E-state index contributed by atoms with van der Waals surface area (Å²) in [7, 11) is 0. The van der Waals surface area contributed by atoms with E-state index >= 15 is 0 Å². The molecule has 16 heavy (non-hydrogen) atoms. The summed E-state index contributed by atoms with van der Waals surface area (Å²) in [6, 6.07) is 0. The van der Waals surface area contributed by atoms with Crippen LogP contribution in [0, 0.1) is 11.7 Å². The Kier molecular flexibility index (Phi) is 4.91. The predicted octanol–water partition coefficient (Wildman–Crippen LogP) is 1.02. The third-order valence-corrected chi connectivity index (χ3v) is 2.24. The van der Waals surface area contributed by atoms with Gasteiger partial charge in [0.1, 0.15) is 0 Å². The van der Waals surface area contributed by atoms with Gasteiger partial charge in [-0.1, -0.05) is 6.92 Å². The minimum absolute atomic E-state index is 0.0487. The van der Waals surface area contributed by atoms with Gasteiger partial charge in [-0.2, -0.15) is 4.98 Å². The molecule has 4 N–H and O–H groups in total. The Bertz CT molecular complexity index is 335. The monoisotopic (exact) mass is 228 g/mol. The summed E-state index contributed by atoms with van der Waals surface area (Å²) in [6.45, 7) is 2.73. The highest BCUT2D eigenvalue weighted by Crippen LogP contribution is 2.11. The van der Waals surface area contributed by atoms with Crippen LogP contribution in [0.25, 0.3) is 0 Å². The number of halogens is 1. The number of nitrogen functional groups attached to an aromatic ring is 1. The van der Waals surface area contributed by atoms with E-state index in [-0.39, 0.29) is 24.3 Å². The van der Waals surface area contributed by atoms with E-state index in [4.69, 9.17) is 10.8 Å². The largest absolute Gasteiger partial charge is 0.396 e. The van der Waals surface area contributed by atoms with Gasteiger partial charge in [0, 0.05) is 13.2 Å². The molecule has 0 radical (unpaired) electrons. The number of nitrogens with two attached hydrogens (primary N) is 1. The molecule has 90 valence electrons. The number of rotatable bonds is 6. The van der Waals surface area contributed by atoms with Gasteiger partial charge in [0.25, 0.3) is 0 Å². The first-order valence-electron chi connectivity index (χ1n) is 5.26. The normalized spacial score (nSPS) is 12.4. The molecule has 0 spiro atoms. The molecule has 5 nitrogen and oxygen atoms in total. The average molecular weight is 228 g/mol. The zero-order chi connectivity index (χ0) is 12.0. The molecule has 1 aromatic rings. The first kappa shape index (κ1) is 12.6. The first-order chi connectivity index (χ1) is 7.63. The van der Waals surface area contributed by atoms with Crippen molar-refractivity contribution in [2.75, 3.05) is 24.2 Å². The zero-order valence-corrected chi connectivity index (χ0v) is 9.28. The number of aliphatic hydroxyl groups excluding tert-OH is 1. The van der Waals surface area contributed by atoms with E-state index in [0.717, 1.165) is 19.0 Å². The third kappa shape index (κ3) is 3.98. The third-order valence-electron chi connectivity index (χ3n) is 2.24. The Labute approximate surface area is 93.9 Å². The topological polar surface area (TPSA) is 84.1 Å². The predicted molar refractivity (Wildman–Crippen MR) is 60.4 cm³/mol. The smallest absolute Gasteiger partial charge is 0.222 e. The second-order valence-electron chi connectivity index (χ2n) is 3.78. The average Bonchev–Trinajstić information content (AvgIpc) is 2.28. The van der Waals surface area contributed by atoms with Gasteiger partial charge < -0.3 is 16.2 Å². The summed E-state index contributed by atoms with van der Waals surface area (Å²) in [5.74, 6) is -0.0664. The van der Waals surface area contributed by atoms with Crippen LogP contribution in [0.15, 0.2) is 6.20 Å². The zero-order valence-electron chi connectivity index (χ0n) is 9.28. The van der Waals surface area contributed by atoms with Gasteiger partial charge >= 0.3 is 0 Å². The molecule has 1 rings (SSSR count). The number of nitrogens with one attached hydrogen (secondary N) is 1. The molecule has 0 saturated heterocycles. The van der Waals surface area contributed by atoms with Crippen LogP contribution in [0.2, 0.25) is 0 Å². The van der Waals surface area contributed by atoms with Gasteiger partial charge in [0.15, 0.2) is 11.6 Å². The van der Waals surface area contributed by atoms with Crippen molar-refractivity contribution >= 4 is 11.8 Å². The summed E-state index contributed by atoms with van der Waals surface area (Å²) >= 11 is 0. The van der Waals surface area contributed by atoms with Gasteiger partial charge in [-0.25, -0.2) is 9.37 Å². The van der Waals surface area contributed by atoms with Gasteiger partial charge in [0.05, 0.1) is 6.20 Å². The Hall–Kier alpha value is -1.43. The lowest BCUT2D eigenvalue weighted by atomic mass is 10.1. The minimum Gasteiger partial charge on any atom is -0.396 e. The maximum absolute atomic E-state index is 13.1. The van der Waals surface area contributed by atoms with Crippen LogP contribution in [0.3, 0.4) is 0 Å². The summed E-state index contributed by atoms with van der Waals surface area (Å²) in [5.41, 5.74) is 5.34. The van der Waals surface area contributed by atoms with E-state index in [2.05, 4.69) is 15.3 Å². The second-order valence-corrected chi connectivity index (χ2v) is 3.78. The number of aliphatic hydroxyl groups is 1. The lowest BCUT2D eigenvalue weighted by molar-refractivity contribution is 0.229. The Morgan fingerprint density at radius 2 is 2.38 bits per heavy atom. The van der Waals surface area contributed by atoms with Gasteiger partial charge in [-0.05, 0) is 18.8 Å². The summed E-state index contributed by atoms with van der Waals surface area (Å²) in [5, 5.41) is 11.7. The standard InChI is InChI=1S/C10H17FN4O/c1-7(6-16)3-2-4-13-9-8(11)5-14-10(12)15-9/h5,7,16H,2-4,6H2,1H3,(H3,12,13,14,15). The fraction of sp³-hybridized carbons (Fsp3) is 0.600. The van der Waals surface area contributed by atoms with Crippen molar-refractivity contribution in [1.29, 1.82) is 0 Å². The van der Waals surface area contributed by atoms with Crippen LogP contribution in [-0.4, -0.2) is 28.2 Å². The summed E-state index contributed by atoms with van der Waals surface area (Å²) in [4.78, 5) is 7.27. The fourth-order valence-corrected chi connectivity index (χ4v) is 1.25. The Morgan fingerprint density at radius 3 is 3.06 bits per heavy atom. The van der Waals surface area contributed by atoms with Crippen molar-refractivity contribution in [2.45, 2.75) is 19.8 Å². The molecule has 0 saturated carbocycles. The van der Waals surface area contributed by atoms with Crippen molar-refractivity contribution in [3.8, 4) is 0 Å². The summed E-state index contributed by atoms with van der Waals surface area (Å²) < 4.78 is 13.1. The molecule has 1 aromatic heterocycles. The first-order valence-corrected chi connectivity index (χ1v) is 5.26. The lowest BCUT2D eigenvalue weighted by Crippen LogP contribution is -2.10.